The van der Waals surface area contributed by atoms with Gasteiger partial charge in [-0.25, -0.2) is 4.39 Å². The van der Waals surface area contributed by atoms with Crippen molar-refractivity contribution in [2.24, 2.45) is 0 Å². The molecule has 2 aromatic carbocycles. The van der Waals surface area contributed by atoms with Crippen molar-refractivity contribution >= 4 is 0 Å². The lowest BCUT2D eigenvalue weighted by Gasteiger charge is -2.14. The minimum atomic E-state index is -0.512. The van der Waals surface area contributed by atoms with Crippen molar-refractivity contribution < 1.29 is 9.13 Å². The average Bonchev–Trinajstić information content (AvgIpc) is 2.37. The molecule has 0 saturated carbocycles. The molecule has 0 fully saturated rings. The molecule has 0 heterocycles. The third-order valence-electron chi connectivity index (χ3n) is 3.06. The molecule has 0 N–H and O–H groups in total. The smallest absolute Gasteiger partial charge is 0.141 e. The Morgan fingerprint density at radius 2 is 1.95 bits per heavy atom. The number of aryl methyl sites for hydroxylation is 2. The highest BCUT2D eigenvalue weighted by molar-refractivity contribution is 5.79. The third-order valence-corrected chi connectivity index (χ3v) is 3.06. The molecule has 19 heavy (non-hydrogen) atoms. The Hall–Kier alpha value is -2.34. The lowest BCUT2D eigenvalue weighted by atomic mass is 9.94. The van der Waals surface area contributed by atoms with Crippen molar-refractivity contribution in [1.29, 1.82) is 5.26 Å². The quantitative estimate of drug-likeness (QED) is 0.812. The molecule has 0 unspecified atom stereocenters. The molecule has 0 bridgehead atoms. The van der Waals surface area contributed by atoms with Crippen molar-refractivity contribution in [1.82, 2.24) is 0 Å². The van der Waals surface area contributed by atoms with Crippen molar-refractivity contribution in [3.8, 4) is 22.9 Å². The number of benzene rings is 2. The molecule has 0 radical (unpaired) electrons. The van der Waals surface area contributed by atoms with Crippen LogP contribution in [0, 0.1) is 31.0 Å². The number of rotatable bonds is 2. The van der Waals surface area contributed by atoms with Gasteiger partial charge in [0.1, 0.15) is 17.6 Å². The maximum absolute atomic E-state index is 13.7. The van der Waals surface area contributed by atoms with Gasteiger partial charge in [-0.15, -0.1) is 0 Å². The fraction of sp³-hybridized carbons (Fsp3) is 0.188. The highest BCUT2D eigenvalue weighted by Gasteiger charge is 2.16. The molecular formula is C16H14FNO. The summed E-state index contributed by atoms with van der Waals surface area (Å²) in [7, 11) is 1.57. The number of methoxy groups -OCH3 is 1. The van der Waals surface area contributed by atoms with E-state index in [0.29, 0.717) is 11.3 Å². The van der Waals surface area contributed by atoms with Gasteiger partial charge in [0.2, 0.25) is 0 Å². The van der Waals surface area contributed by atoms with Crippen LogP contribution in [0.4, 0.5) is 4.39 Å². The SMILES string of the molecule is COc1cc(C)cc(C)c1-c1cccc(F)c1C#N. The normalized spacial score (nSPS) is 10.1. The third kappa shape index (κ3) is 2.30. The van der Waals surface area contributed by atoms with Crippen molar-refractivity contribution in [2.75, 3.05) is 7.11 Å². The van der Waals surface area contributed by atoms with Gasteiger partial charge < -0.3 is 4.74 Å². The molecule has 3 heteroatoms. The molecule has 0 amide bonds. The predicted molar refractivity (Wildman–Crippen MR) is 72.6 cm³/mol. The van der Waals surface area contributed by atoms with E-state index >= 15 is 0 Å². The number of nitrogens with zero attached hydrogens (tertiary/aromatic N) is 1. The second-order valence-electron chi connectivity index (χ2n) is 4.43. The van der Waals surface area contributed by atoms with E-state index in [1.165, 1.54) is 6.07 Å². The van der Waals surface area contributed by atoms with E-state index in [-0.39, 0.29) is 5.56 Å². The van der Waals surface area contributed by atoms with Gasteiger partial charge in [0, 0.05) is 11.1 Å². The first kappa shape index (κ1) is 13.1. The Balaban J connectivity index is 2.80. The molecule has 0 aliphatic rings. The van der Waals surface area contributed by atoms with Gasteiger partial charge in [-0.3, -0.25) is 0 Å². The summed E-state index contributed by atoms with van der Waals surface area (Å²) in [6.45, 7) is 3.90. The number of nitriles is 1. The Morgan fingerprint density at radius 3 is 2.58 bits per heavy atom. The van der Waals surface area contributed by atoms with Gasteiger partial charge in [0.25, 0.3) is 0 Å². The average molecular weight is 255 g/mol. The molecule has 0 aliphatic heterocycles. The zero-order chi connectivity index (χ0) is 14.0. The summed E-state index contributed by atoms with van der Waals surface area (Å²) in [6, 6.07) is 10.4. The van der Waals surface area contributed by atoms with Crippen LogP contribution < -0.4 is 4.74 Å². The minimum Gasteiger partial charge on any atom is -0.496 e. The molecule has 0 spiro atoms. The minimum absolute atomic E-state index is 0.0488. The summed E-state index contributed by atoms with van der Waals surface area (Å²) in [5.74, 6) is 0.140. The van der Waals surface area contributed by atoms with Crippen molar-refractivity contribution in [3.63, 3.8) is 0 Å². The lowest BCUT2D eigenvalue weighted by Crippen LogP contribution is -1.96. The van der Waals surface area contributed by atoms with Gasteiger partial charge in [-0.2, -0.15) is 5.26 Å². The van der Waals surface area contributed by atoms with Crippen LogP contribution >= 0.6 is 0 Å². The summed E-state index contributed by atoms with van der Waals surface area (Å²) in [4.78, 5) is 0. The Kier molecular flexibility index (Phi) is 3.52. The molecular weight excluding hydrogens is 241 g/mol. The maximum atomic E-state index is 13.7. The van der Waals surface area contributed by atoms with E-state index in [1.807, 2.05) is 32.0 Å². The van der Waals surface area contributed by atoms with Crippen LogP contribution in [0.3, 0.4) is 0 Å². The zero-order valence-corrected chi connectivity index (χ0v) is 11.1. The van der Waals surface area contributed by atoms with Gasteiger partial charge >= 0.3 is 0 Å². The molecule has 96 valence electrons. The van der Waals surface area contributed by atoms with Crippen LogP contribution in [-0.4, -0.2) is 7.11 Å². The first-order valence-electron chi connectivity index (χ1n) is 5.92. The fourth-order valence-corrected chi connectivity index (χ4v) is 2.28. The van der Waals surface area contributed by atoms with Crippen LogP contribution in [0.15, 0.2) is 30.3 Å². The van der Waals surface area contributed by atoms with Crippen LogP contribution in [0.2, 0.25) is 0 Å². The monoisotopic (exact) mass is 255 g/mol. The molecule has 2 aromatic rings. The second kappa shape index (κ2) is 5.11. The zero-order valence-electron chi connectivity index (χ0n) is 11.1. The van der Waals surface area contributed by atoms with Crippen LogP contribution in [0.5, 0.6) is 5.75 Å². The van der Waals surface area contributed by atoms with Gasteiger partial charge in [-0.05, 0) is 37.1 Å². The predicted octanol–water partition coefficient (Wildman–Crippen LogP) is 3.99. The summed E-state index contributed by atoms with van der Waals surface area (Å²) >= 11 is 0. The number of hydrogen-bond acceptors (Lipinski definition) is 2. The summed E-state index contributed by atoms with van der Waals surface area (Å²) in [5.41, 5.74) is 3.40. The summed E-state index contributed by atoms with van der Waals surface area (Å²) in [6.07, 6.45) is 0. The van der Waals surface area contributed by atoms with Gasteiger partial charge in [-0.1, -0.05) is 18.2 Å². The van der Waals surface area contributed by atoms with E-state index in [0.717, 1.165) is 16.7 Å². The first-order chi connectivity index (χ1) is 9.08. The number of ether oxygens (including phenoxy) is 1. The maximum Gasteiger partial charge on any atom is 0.141 e. The lowest BCUT2D eigenvalue weighted by molar-refractivity contribution is 0.416. The van der Waals surface area contributed by atoms with E-state index in [2.05, 4.69) is 0 Å². The number of hydrogen-bond donors (Lipinski definition) is 0. The van der Waals surface area contributed by atoms with E-state index in [4.69, 9.17) is 10.00 Å². The van der Waals surface area contributed by atoms with Crippen molar-refractivity contribution in [3.05, 3.63) is 52.8 Å². The standard InChI is InChI=1S/C16H14FNO/c1-10-7-11(2)16(15(8-10)19-3)12-5-4-6-14(17)13(12)9-18/h4-8H,1-3H3. The number of halogens is 1. The molecule has 2 rings (SSSR count). The molecule has 0 aliphatic carbocycles. The molecule has 0 saturated heterocycles. The Morgan fingerprint density at radius 1 is 1.21 bits per heavy atom. The second-order valence-corrected chi connectivity index (χ2v) is 4.43. The van der Waals surface area contributed by atoms with E-state index in [9.17, 15) is 4.39 Å². The largest absolute Gasteiger partial charge is 0.496 e. The summed E-state index contributed by atoms with van der Waals surface area (Å²) < 4.78 is 19.1. The van der Waals surface area contributed by atoms with Gasteiger partial charge in [0.05, 0.1) is 12.7 Å². The summed E-state index contributed by atoms with van der Waals surface area (Å²) in [5, 5.41) is 9.14. The van der Waals surface area contributed by atoms with E-state index in [1.54, 1.807) is 19.2 Å². The van der Waals surface area contributed by atoms with E-state index < -0.39 is 5.82 Å². The van der Waals surface area contributed by atoms with Crippen LogP contribution in [-0.2, 0) is 0 Å². The highest BCUT2D eigenvalue weighted by atomic mass is 19.1. The first-order valence-corrected chi connectivity index (χ1v) is 5.92. The Labute approximate surface area is 112 Å². The van der Waals surface area contributed by atoms with Crippen LogP contribution in [0.25, 0.3) is 11.1 Å². The van der Waals surface area contributed by atoms with Gasteiger partial charge in [0.15, 0.2) is 0 Å². The Bertz CT molecular complexity index is 671. The highest BCUT2D eigenvalue weighted by Crippen LogP contribution is 2.36. The molecule has 0 aromatic heterocycles. The fourth-order valence-electron chi connectivity index (χ4n) is 2.28. The van der Waals surface area contributed by atoms with Crippen molar-refractivity contribution in [2.45, 2.75) is 13.8 Å². The molecule has 2 nitrogen and oxygen atoms in total. The van der Waals surface area contributed by atoms with Crippen LogP contribution in [0.1, 0.15) is 16.7 Å². The topological polar surface area (TPSA) is 33.0 Å². The molecule has 0 atom stereocenters.